The average Bonchev–Trinajstić information content (AvgIpc) is 2.79. The van der Waals surface area contributed by atoms with Gasteiger partial charge < -0.3 is 19.9 Å². The van der Waals surface area contributed by atoms with E-state index in [9.17, 15) is 9.90 Å². The Morgan fingerprint density at radius 3 is 3.04 bits per heavy atom. The van der Waals surface area contributed by atoms with Gasteiger partial charge in [-0.25, -0.2) is 4.79 Å². The molecule has 0 heterocycles. The van der Waals surface area contributed by atoms with E-state index in [1.54, 1.807) is 25.1 Å². The fourth-order valence-corrected chi connectivity index (χ4v) is 2.78. The molecule has 0 aromatic heterocycles. The van der Waals surface area contributed by atoms with Gasteiger partial charge in [0.2, 0.25) is 0 Å². The zero-order valence-corrected chi connectivity index (χ0v) is 16.0. The van der Waals surface area contributed by atoms with Crippen LogP contribution in [0.4, 0.5) is 0 Å². The van der Waals surface area contributed by atoms with Gasteiger partial charge in [-0.15, -0.1) is 0 Å². The Labute approximate surface area is 180 Å². The molecular formula is C22H26ClNO4. The van der Waals surface area contributed by atoms with Crippen molar-refractivity contribution in [3.63, 3.8) is 0 Å². The van der Waals surface area contributed by atoms with Crippen molar-refractivity contribution in [2.24, 2.45) is 0 Å². The lowest BCUT2D eigenvalue weighted by molar-refractivity contribution is -0.145. The molecule has 0 saturated heterocycles. The fourth-order valence-electron chi connectivity index (χ4n) is 2.59. The van der Waals surface area contributed by atoms with Crippen molar-refractivity contribution in [3.05, 3.63) is 64.2 Å². The van der Waals surface area contributed by atoms with Crippen LogP contribution in [0.5, 0.6) is 5.75 Å². The molecular weight excluding hydrogens is 378 g/mol. The number of esters is 1. The van der Waals surface area contributed by atoms with E-state index in [1.165, 1.54) is 18.2 Å². The third-order valence-electron chi connectivity index (χ3n) is 3.94. The number of carbonyl (C=O) groups is 1. The number of carbonyl (C=O) groups excluding carboxylic acids is 1. The number of aliphatic hydroxyl groups is 1. The van der Waals surface area contributed by atoms with E-state index in [-0.39, 0.29) is 23.5 Å². The van der Waals surface area contributed by atoms with Crippen LogP contribution in [0.2, 0.25) is 5.02 Å². The molecule has 3 rings (SSSR count). The molecule has 2 atom stereocenters. The van der Waals surface area contributed by atoms with Crippen molar-refractivity contribution in [2.45, 2.75) is 38.2 Å². The monoisotopic (exact) mass is 410 g/mol. The normalized spacial score (nSPS) is 28.6. The van der Waals surface area contributed by atoms with Crippen LogP contribution < -0.4 is 10.1 Å². The number of halogens is 1. The Balaban J connectivity index is 1.98. The molecule has 0 radical (unpaired) electrons. The first-order valence-electron chi connectivity index (χ1n) is 12.3. The second-order valence-corrected chi connectivity index (χ2v) is 6.44. The van der Waals surface area contributed by atoms with E-state index >= 15 is 0 Å². The maximum Gasteiger partial charge on any atom is 0.344 e. The minimum atomic E-state index is -3.07. The molecule has 6 heteroatoms. The highest BCUT2D eigenvalue weighted by Gasteiger charge is 2.20. The summed E-state index contributed by atoms with van der Waals surface area (Å²) in [6, 6.07) is 7.03. The SMILES string of the molecule is [2H]C1([2H])c2ccc(OCC(=O)OCC)cc2C([2H])([2H])[C@@]([2H])(NC[C@H](O)c2cccc(Cl)c2)C1([2H])[2H]. The second kappa shape index (κ2) is 9.92. The number of hydrogen-bond acceptors (Lipinski definition) is 5. The van der Waals surface area contributed by atoms with Crippen LogP contribution in [0.25, 0.3) is 0 Å². The largest absolute Gasteiger partial charge is 0.482 e. The van der Waals surface area contributed by atoms with Gasteiger partial charge in [0.25, 0.3) is 0 Å². The molecule has 28 heavy (non-hydrogen) atoms. The molecule has 0 spiro atoms. The van der Waals surface area contributed by atoms with Gasteiger partial charge in [-0.2, -0.15) is 0 Å². The van der Waals surface area contributed by atoms with E-state index in [1.807, 2.05) is 0 Å². The van der Waals surface area contributed by atoms with Crippen molar-refractivity contribution in [1.29, 1.82) is 0 Å². The number of fused-ring (bicyclic) bond motifs is 1. The van der Waals surface area contributed by atoms with Gasteiger partial charge in [-0.05, 0) is 67.0 Å². The summed E-state index contributed by atoms with van der Waals surface area (Å²) in [7, 11) is 0. The molecule has 2 aromatic carbocycles. The Hall–Kier alpha value is -2.08. The van der Waals surface area contributed by atoms with Crippen LogP contribution >= 0.6 is 11.6 Å². The number of rotatable bonds is 8. The minimum Gasteiger partial charge on any atom is -0.482 e. The quantitative estimate of drug-likeness (QED) is 0.652. The van der Waals surface area contributed by atoms with Gasteiger partial charge in [0.1, 0.15) is 5.75 Å². The number of aliphatic hydroxyl groups excluding tert-OH is 1. The highest BCUT2D eigenvalue weighted by atomic mass is 35.5. The Kier molecular flexibility index (Phi) is 4.67. The molecule has 0 unspecified atom stereocenters. The van der Waals surface area contributed by atoms with Crippen molar-refractivity contribution in [3.8, 4) is 5.75 Å². The van der Waals surface area contributed by atoms with Crippen LogP contribution in [0, 0.1) is 0 Å². The summed E-state index contributed by atoms with van der Waals surface area (Å²) in [4.78, 5) is 11.6. The molecule has 0 amide bonds. The Bertz CT molecular complexity index is 1100. The number of nitrogens with one attached hydrogen (secondary N) is 1. The molecule has 1 aliphatic carbocycles. The zero-order chi connectivity index (χ0) is 26.2. The topological polar surface area (TPSA) is 67.8 Å². The molecule has 0 bridgehead atoms. The predicted molar refractivity (Wildman–Crippen MR) is 109 cm³/mol. The lowest BCUT2D eigenvalue weighted by Crippen LogP contribution is -2.37. The van der Waals surface area contributed by atoms with Gasteiger partial charge in [0, 0.05) is 27.2 Å². The Morgan fingerprint density at radius 2 is 2.25 bits per heavy atom. The first-order valence-corrected chi connectivity index (χ1v) is 9.19. The van der Waals surface area contributed by atoms with Crippen LogP contribution in [-0.4, -0.2) is 36.9 Å². The van der Waals surface area contributed by atoms with Gasteiger partial charge >= 0.3 is 5.97 Å². The lowest BCUT2D eigenvalue weighted by Gasteiger charge is -2.27. The third kappa shape index (κ3) is 5.71. The first-order chi connectivity index (χ1) is 16.2. The van der Waals surface area contributed by atoms with Crippen molar-refractivity contribution >= 4 is 17.6 Å². The van der Waals surface area contributed by atoms with Crippen LogP contribution in [0.1, 0.15) is 45.7 Å². The number of aryl methyl sites for hydroxylation is 1. The summed E-state index contributed by atoms with van der Waals surface area (Å²) in [5, 5.41) is 13.4. The highest BCUT2D eigenvalue weighted by Crippen LogP contribution is 2.26. The van der Waals surface area contributed by atoms with E-state index in [0.29, 0.717) is 10.6 Å². The molecule has 5 nitrogen and oxygen atoms in total. The molecule has 2 N–H and O–H groups in total. The summed E-state index contributed by atoms with van der Waals surface area (Å²) in [6.45, 7) is 0.872. The lowest BCUT2D eigenvalue weighted by atomic mass is 9.88. The summed E-state index contributed by atoms with van der Waals surface area (Å²) in [6.07, 6.45) is -9.91. The van der Waals surface area contributed by atoms with Crippen LogP contribution in [0.15, 0.2) is 42.5 Å². The van der Waals surface area contributed by atoms with Crippen molar-refractivity contribution < 1.29 is 29.0 Å². The van der Waals surface area contributed by atoms with Gasteiger partial charge in [-0.1, -0.05) is 29.8 Å². The summed E-state index contributed by atoms with van der Waals surface area (Å²) >= 11 is 5.95. The van der Waals surface area contributed by atoms with E-state index in [0.717, 1.165) is 6.07 Å². The fraction of sp³-hybridized carbons (Fsp3) is 0.409. The van der Waals surface area contributed by atoms with Crippen molar-refractivity contribution in [1.82, 2.24) is 5.32 Å². The standard InChI is InChI=1S/C22H26ClNO4/c1-2-27-22(26)14-28-20-9-7-15-6-8-19(11-17(15)12-20)24-13-21(25)16-4-3-5-18(23)10-16/h3-5,7,9-10,12,19,21,24-25H,2,6,8,11,13-14H2,1H3/t19-,21-/m0/s1/i6D2,8D2,11D2,19D. The van der Waals surface area contributed by atoms with Crippen molar-refractivity contribution in [2.75, 3.05) is 19.8 Å². The first kappa shape index (κ1) is 13.2. The maximum atomic E-state index is 11.6. The van der Waals surface area contributed by atoms with E-state index in [4.69, 9.17) is 30.7 Å². The highest BCUT2D eigenvalue weighted by molar-refractivity contribution is 6.30. The molecule has 2 aromatic rings. The number of ether oxygens (including phenoxy) is 2. The summed E-state index contributed by atoms with van der Waals surface area (Å²) < 4.78 is 70.4. The minimum absolute atomic E-state index is 0.0280. The molecule has 0 saturated carbocycles. The number of hydrogen-bond donors (Lipinski definition) is 2. The smallest absolute Gasteiger partial charge is 0.344 e. The average molecular weight is 411 g/mol. The summed E-state index contributed by atoms with van der Waals surface area (Å²) in [5.74, 6) is -0.619. The Morgan fingerprint density at radius 1 is 1.39 bits per heavy atom. The molecule has 1 aliphatic rings. The van der Waals surface area contributed by atoms with E-state index in [2.05, 4.69) is 5.32 Å². The number of benzene rings is 2. The second-order valence-electron chi connectivity index (χ2n) is 6.00. The molecule has 150 valence electrons. The zero-order valence-electron chi connectivity index (χ0n) is 22.3. The third-order valence-corrected chi connectivity index (χ3v) is 4.18. The van der Waals surface area contributed by atoms with Gasteiger partial charge in [-0.3, -0.25) is 0 Å². The molecule has 0 fully saturated rings. The predicted octanol–water partition coefficient (Wildman–Crippen LogP) is 3.46. The van der Waals surface area contributed by atoms with Crippen LogP contribution in [0.3, 0.4) is 0 Å². The van der Waals surface area contributed by atoms with Gasteiger partial charge in [0.15, 0.2) is 6.61 Å². The molecule has 0 aliphatic heterocycles. The van der Waals surface area contributed by atoms with E-state index < -0.39 is 50.4 Å². The maximum absolute atomic E-state index is 11.6. The van der Waals surface area contributed by atoms with Crippen LogP contribution in [-0.2, 0) is 22.3 Å². The van der Waals surface area contributed by atoms with Gasteiger partial charge in [0.05, 0.1) is 12.7 Å². The summed E-state index contributed by atoms with van der Waals surface area (Å²) in [5.41, 5.74) is -0.224.